The fraction of sp³-hybridized carbons (Fsp3) is 0.600. The Kier molecular flexibility index (Phi) is 1.13. The predicted molar refractivity (Wildman–Crippen MR) is 28.4 cm³/mol. The topological polar surface area (TPSA) is 30.9 Å². The molecule has 1 unspecified atom stereocenters. The number of rotatable bonds is 0. The van der Waals surface area contributed by atoms with Crippen molar-refractivity contribution in [1.82, 2.24) is 4.90 Å². The Morgan fingerprint density at radius 2 is 2.57 bits per heavy atom. The van der Waals surface area contributed by atoms with Gasteiger partial charge in [0.15, 0.2) is 6.17 Å². The highest BCUT2D eigenvalue weighted by molar-refractivity contribution is 4.96. The van der Waals surface area contributed by atoms with Gasteiger partial charge in [-0.05, 0) is 13.1 Å². The smallest absolute Gasteiger partial charge is 0.160 e. The van der Waals surface area contributed by atoms with Gasteiger partial charge in [0, 0.05) is 6.54 Å². The van der Waals surface area contributed by atoms with Crippen molar-refractivity contribution in [3.05, 3.63) is 12.2 Å². The lowest BCUT2D eigenvalue weighted by atomic mass is 10.5. The summed E-state index contributed by atoms with van der Waals surface area (Å²) in [6.07, 6.45) is 4.66. The maximum atomic E-state index is 3.86. The fourth-order valence-corrected chi connectivity index (χ4v) is 0.667. The van der Waals surface area contributed by atoms with Crippen molar-refractivity contribution in [3.63, 3.8) is 0 Å². The van der Waals surface area contributed by atoms with Crippen LogP contribution in [0.15, 0.2) is 12.2 Å². The van der Waals surface area contributed by atoms with Gasteiger partial charge in [0.2, 0.25) is 0 Å². The molecular weight excluding hydrogens is 88.1 g/mol. The molecule has 1 aliphatic rings. The first-order chi connectivity index (χ1) is 3.30. The van der Waals surface area contributed by atoms with Crippen LogP contribution in [0.25, 0.3) is 0 Å². The van der Waals surface area contributed by atoms with Gasteiger partial charge in [0.05, 0.1) is 0 Å². The Labute approximate surface area is 43.6 Å². The van der Waals surface area contributed by atoms with Gasteiger partial charge >= 0.3 is 0 Å². The van der Waals surface area contributed by atoms with Crippen molar-refractivity contribution in [2.45, 2.75) is 6.17 Å². The maximum Gasteiger partial charge on any atom is 0.160 e. The number of hydrogen-bond acceptors (Lipinski definition) is 1. The lowest BCUT2D eigenvalue weighted by Gasteiger charge is -2.08. The average Bonchev–Trinajstić information content (AvgIpc) is 1.91. The molecule has 1 heterocycles. The highest BCUT2D eigenvalue weighted by atomic mass is 15.2. The monoisotopic (exact) mass is 99.1 g/mol. The van der Waals surface area contributed by atoms with E-state index in [4.69, 9.17) is 0 Å². The molecule has 2 heteroatoms. The predicted octanol–water partition coefficient (Wildman–Crippen LogP) is -0.944. The highest BCUT2D eigenvalue weighted by Gasteiger charge is 2.11. The van der Waals surface area contributed by atoms with Crippen LogP contribution in [0.3, 0.4) is 0 Å². The van der Waals surface area contributed by atoms with E-state index in [1.807, 2.05) is 0 Å². The first kappa shape index (κ1) is 4.81. The van der Waals surface area contributed by atoms with Crippen molar-refractivity contribution >= 4 is 0 Å². The zero-order valence-electron chi connectivity index (χ0n) is 4.59. The molecule has 0 aromatic rings. The Hall–Kier alpha value is -0.340. The SMILES string of the molecule is CN1CC=CC1[NH3+]. The molecule has 0 saturated heterocycles. The first-order valence-corrected chi connectivity index (χ1v) is 2.50. The van der Waals surface area contributed by atoms with Gasteiger partial charge in [-0.25, -0.2) is 0 Å². The minimum Gasteiger partial charge on any atom is -0.339 e. The lowest BCUT2D eigenvalue weighted by Crippen LogP contribution is -2.65. The molecule has 0 saturated carbocycles. The third kappa shape index (κ3) is 0.813. The molecule has 40 valence electrons. The number of nitrogens with zero attached hydrogens (tertiary/aromatic N) is 1. The number of quaternary nitrogens is 1. The van der Waals surface area contributed by atoms with E-state index in [1.165, 1.54) is 0 Å². The summed E-state index contributed by atoms with van der Waals surface area (Å²) in [5.74, 6) is 0. The summed E-state index contributed by atoms with van der Waals surface area (Å²) in [6.45, 7) is 1.06. The van der Waals surface area contributed by atoms with Crippen LogP contribution < -0.4 is 5.73 Å². The van der Waals surface area contributed by atoms with Gasteiger partial charge in [-0.2, -0.15) is 0 Å². The van der Waals surface area contributed by atoms with Gasteiger partial charge in [-0.15, -0.1) is 0 Å². The second kappa shape index (κ2) is 1.64. The molecule has 0 aliphatic carbocycles. The normalized spacial score (nSPS) is 32.0. The van der Waals surface area contributed by atoms with E-state index in [-0.39, 0.29) is 0 Å². The van der Waals surface area contributed by atoms with Crippen molar-refractivity contribution in [2.75, 3.05) is 13.6 Å². The molecule has 0 radical (unpaired) electrons. The van der Waals surface area contributed by atoms with Crippen LogP contribution in [-0.2, 0) is 0 Å². The molecule has 0 fully saturated rings. The molecule has 2 nitrogen and oxygen atoms in total. The molecule has 0 amide bonds. The van der Waals surface area contributed by atoms with E-state index < -0.39 is 0 Å². The van der Waals surface area contributed by atoms with E-state index in [9.17, 15) is 0 Å². The summed E-state index contributed by atoms with van der Waals surface area (Å²) in [5, 5.41) is 0. The Morgan fingerprint density at radius 1 is 1.86 bits per heavy atom. The molecule has 0 aromatic carbocycles. The van der Waals surface area contributed by atoms with Crippen LogP contribution in [-0.4, -0.2) is 24.7 Å². The van der Waals surface area contributed by atoms with Gasteiger partial charge < -0.3 is 5.73 Å². The zero-order valence-corrected chi connectivity index (χ0v) is 4.59. The molecule has 7 heavy (non-hydrogen) atoms. The van der Waals surface area contributed by atoms with Crippen molar-refractivity contribution in [1.29, 1.82) is 0 Å². The van der Waals surface area contributed by atoms with Crippen LogP contribution in [0.2, 0.25) is 0 Å². The number of hydrogen-bond donors (Lipinski definition) is 1. The van der Waals surface area contributed by atoms with Crippen molar-refractivity contribution in [3.8, 4) is 0 Å². The van der Waals surface area contributed by atoms with Crippen molar-refractivity contribution < 1.29 is 5.73 Å². The first-order valence-electron chi connectivity index (χ1n) is 2.50. The molecule has 1 aliphatic heterocycles. The van der Waals surface area contributed by atoms with Gasteiger partial charge in [0.1, 0.15) is 0 Å². The molecule has 3 N–H and O–H groups in total. The van der Waals surface area contributed by atoms with Crippen LogP contribution >= 0.6 is 0 Å². The molecule has 0 spiro atoms. The summed E-state index contributed by atoms with van der Waals surface area (Å²) >= 11 is 0. The lowest BCUT2D eigenvalue weighted by molar-refractivity contribution is -0.434. The summed E-state index contributed by atoms with van der Waals surface area (Å²) in [5.41, 5.74) is 3.86. The van der Waals surface area contributed by atoms with E-state index in [0.29, 0.717) is 6.17 Å². The van der Waals surface area contributed by atoms with E-state index in [2.05, 4.69) is 29.8 Å². The van der Waals surface area contributed by atoms with E-state index in [1.54, 1.807) is 0 Å². The maximum absolute atomic E-state index is 3.86. The number of likely N-dealkylation sites (N-methyl/N-ethyl adjacent to an activating group) is 1. The summed E-state index contributed by atoms with van der Waals surface area (Å²) in [6, 6.07) is 0. The third-order valence-electron chi connectivity index (χ3n) is 1.32. The fourth-order valence-electron chi connectivity index (χ4n) is 0.667. The second-order valence-corrected chi connectivity index (χ2v) is 1.94. The largest absolute Gasteiger partial charge is 0.339 e. The van der Waals surface area contributed by atoms with Crippen LogP contribution in [0.1, 0.15) is 0 Å². The molecule has 0 bridgehead atoms. The van der Waals surface area contributed by atoms with Crippen LogP contribution in [0.4, 0.5) is 0 Å². The van der Waals surface area contributed by atoms with Crippen LogP contribution in [0, 0.1) is 0 Å². The average molecular weight is 99.2 g/mol. The standard InChI is InChI=1S/C5H10N2/c1-7-4-2-3-5(7)6/h2-3,5H,4,6H2,1H3/p+1. The minimum absolute atomic E-state index is 0.417. The summed E-state index contributed by atoms with van der Waals surface area (Å²) in [7, 11) is 2.07. The van der Waals surface area contributed by atoms with Gasteiger partial charge in [-0.3, -0.25) is 4.90 Å². The molecular formula is C5H11N2+. The minimum atomic E-state index is 0.417. The highest BCUT2D eigenvalue weighted by Crippen LogP contribution is 1.96. The van der Waals surface area contributed by atoms with E-state index in [0.717, 1.165) is 6.54 Å². The molecule has 1 atom stereocenters. The Balaban J connectivity index is 2.45. The van der Waals surface area contributed by atoms with Crippen molar-refractivity contribution in [2.24, 2.45) is 0 Å². The third-order valence-corrected chi connectivity index (χ3v) is 1.32. The Morgan fingerprint density at radius 3 is 2.71 bits per heavy atom. The van der Waals surface area contributed by atoms with E-state index >= 15 is 0 Å². The zero-order chi connectivity index (χ0) is 5.28. The second-order valence-electron chi connectivity index (χ2n) is 1.94. The van der Waals surface area contributed by atoms with Gasteiger partial charge in [0.25, 0.3) is 0 Å². The quantitative estimate of drug-likeness (QED) is 0.390. The Bertz CT molecular complexity index is 88.1. The summed E-state index contributed by atoms with van der Waals surface area (Å²) < 4.78 is 0. The molecule has 1 rings (SSSR count). The van der Waals surface area contributed by atoms with Gasteiger partial charge in [-0.1, -0.05) is 6.08 Å². The summed E-state index contributed by atoms with van der Waals surface area (Å²) in [4.78, 5) is 2.18. The molecule has 0 aromatic heterocycles. The van der Waals surface area contributed by atoms with Crippen LogP contribution in [0.5, 0.6) is 0 Å².